The number of amides is 1. The summed E-state index contributed by atoms with van der Waals surface area (Å²) in [5.74, 6) is -0.0386. The molecule has 21 heavy (non-hydrogen) atoms. The molecule has 106 valence electrons. The minimum atomic E-state index is -0.0386. The average Bonchev–Trinajstić information content (AvgIpc) is 2.50. The summed E-state index contributed by atoms with van der Waals surface area (Å²) in [7, 11) is 0. The Kier molecular flexibility index (Phi) is 5.11. The van der Waals surface area contributed by atoms with Gasteiger partial charge in [0.2, 0.25) is 5.91 Å². The summed E-state index contributed by atoms with van der Waals surface area (Å²) in [5.41, 5.74) is 3.55. The summed E-state index contributed by atoms with van der Waals surface area (Å²) in [6, 6.07) is 17.0. The van der Waals surface area contributed by atoms with Gasteiger partial charge in [-0.2, -0.15) is 5.26 Å². The fourth-order valence-corrected chi connectivity index (χ4v) is 2.21. The van der Waals surface area contributed by atoms with Crippen molar-refractivity contribution in [3.63, 3.8) is 0 Å². The molecule has 1 N–H and O–H groups in total. The highest BCUT2D eigenvalue weighted by atomic mass is 16.1. The zero-order valence-corrected chi connectivity index (χ0v) is 12.1. The molecule has 0 aliphatic carbocycles. The van der Waals surface area contributed by atoms with Gasteiger partial charge in [-0.3, -0.25) is 4.79 Å². The Bertz CT molecular complexity index is 654. The standard InChI is InChI=1S/C18H18N2O/c1-2-5-16-6-3-4-7-17(16)20-18(21)12-14-8-10-15(13-19)11-9-14/h3-4,6-11H,2,5,12H2,1H3,(H,20,21). The largest absolute Gasteiger partial charge is 0.326 e. The number of nitrogens with one attached hydrogen (secondary N) is 1. The summed E-state index contributed by atoms with van der Waals surface area (Å²) in [6.45, 7) is 2.12. The zero-order chi connectivity index (χ0) is 15.1. The van der Waals surface area contributed by atoms with Gasteiger partial charge in [0.05, 0.1) is 18.1 Å². The number of rotatable bonds is 5. The third kappa shape index (κ3) is 4.19. The summed E-state index contributed by atoms with van der Waals surface area (Å²) in [5, 5.41) is 11.7. The molecule has 0 aromatic heterocycles. The van der Waals surface area contributed by atoms with E-state index in [4.69, 9.17) is 5.26 Å². The van der Waals surface area contributed by atoms with Crippen molar-refractivity contribution in [3.8, 4) is 6.07 Å². The van der Waals surface area contributed by atoms with Crippen LogP contribution in [0.25, 0.3) is 0 Å². The molecule has 0 bridgehead atoms. The lowest BCUT2D eigenvalue weighted by molar-refractivity contribution is -0.115. The molecule has 0 unspecified atom stereocenters. The van der Waals surface area contributed by atoms with Crippen molar-refractivity contribution >= 4 is 11.6 Å². The molecule has 2 aromatic carbocycles. The van der Waals surface area contributed by atoms with Gasteiger partial charge in [0.25, 0.3) is 0 Å². The minimum absolute atomic E-state index is 0.0386. The molecule has 0 saturated heterocycles. The number of para-hydroxylation sites is 1. The molecule has 0 atom stereocenters. The first kappa shape index (κ1) is 14.8. The van der Waals surface area contributed by atoms with E-state index in [9.17, 15) is 4.79 Å². The van der Waals surface area contributed by atoms with Crippen LogP contribution in [0.1, 0.15) is 30.0 Å². The van der Waals surface area contributed by atoms with E-state index in [0.717, 1.165) is 29.7 Å². The molecule has 0 aliphatic heterocycles. The lowest BCUT2D eigenvalue weighted by Crippen LogP contribution is -2.15. The third-order valence-corrected chi connectivity index (χ3v) is 3.26. The van der Waals surface area contributed by atoms with E-state index >= 15 is 0 Å². The molecule has 0 fully saturated rings. The van der Waals surface area contributed by atoms with Gasteiger partial charge in [0.15, 0.2) is 0 Å². The van der Waals surface area contributed by atoms with E-state index < -0.39 is 0 Å². The molecule has 3 nitrogen and oxygen atoms in total. The highest BCUT2D eigenvalue weighted by molar-refractivity contribution is 5.93. The van der Waals surface area contributed by atoms with Gasteiger partial charge in [0, 0.05) is 5.69 Å². The maximum Gasteiger partial charge on any atom is 0.228 e. The predicted molar refractivity (Wildman–Crippen MR) is 83.9 cm³/mol. The molecule has 0 aliphatic rings. The molecule has 3 heteroatoms. The first-order valence-electron chi connectivity index (χ1n) is 7.09. The number of carbonyl (C=O) groups excluding carboxylic acids is 1. The van der Waals surface area contributed by atoms with Gasteiger partial charge in [-0.15, -0.1) is 0 Å². The number of aryl methyl sites for hydroxylation is 1. The van der Waals surface area contributed by atoms with E-state index in [2.05, 4.69) is 18.3 Å². The van der Waals surface area contributed by atoms with Crippen LogP contribution in [-0.4, -0.2) is 5.91 Å². The number of anilines is 1. The van der Waals surface area contributed by atoms with Crippen molar-refractivity contribution in [2.75, 3.05) is 5.32 Å². The molecule has 0 heterocycles. The lowest BCUT2D eigenvalue weighted by Gasteiger charge is -2.10. The first-order valence-corrected chi connectivity index (χ1v) is 7.09. The molecule has 0 spiro atoms. The maximum atomic E-state index is 12.1. The molecule has 1 amide bonds. The quantitative estimate of drug-likeness (QED) is 0.906. The number of nitriles is 1. The van der Waals surface area contributed by atoms with Crippen molar-refractivity contribution in [1.82, 2.24) is 0 Å². The number of hydrogen-bond acceptors (Lipinski definition) is 2. The van der Waals surface area contributed by atoms with Crippen LogP contribution >= 0.6 is 0 Å². The maximum absolute atomic E-state index is 12.1. The summed E-state index contributed by atoms with van der Waals surface area (Å²) in [4.78, 5) is 12.1. The zero-order valence-electron chi connectivity index (χ0n) is 12.1. The van der Waals surface area contributed by atoms with E-state index in [1.54, 1.807) is 12.1 Å². The van der Waals surface area contributed by atoms with Crippen LogP contribution in [0.5, 0.6) is 0 Å². The first-order chi connectivity index (χ1) is 10.2. The Hall–Kier alpha value is -2.60. The highest BCUT2D eigenvalue weighted by Gasteiger charge is 2.07. The smallest absolute Gasteiger partial charge is 0.228 e. The Labute approximate surface area is 125 Å². The molecule has 0 saturated carbocycles. The van der Waals surface area contributed by atoms with E-state index in [1.165, 1.54) is 0 Å². The third-order valence-electron chi connectivity index (χ3n) is 3.26. The van der Waals surface area contributed by atoms with Crippen LogP contribution in [-0.2, 0) is 17.6 Å². The van der Waals surface area contributed by atoms with Gasteiger partial charge >= 0.3 is 0 Å². The molecule has 2 rings (SSSR count). The molecule has 2 aromatic rings. The Balaban J connectivity index is 2.03. The van der Waals surface area contributed by atoms with Crippen molar-refractivity contribution < 1.29 is 4.79 Å². The minimum Gasteiger partial charge on any atom is -0.326 e. The van der Waals surface area contributed by atoms with Crippen LogP contribution in [0.15, 0.2) is 48.5 Å². The topological polar surface area (TPSA) is 52.9 Å². The molecular formula is C18H18N2O. The predicted octanol–water partition coefficient (Wildman–Crippen LogP) is 3.69. The Morgan fingerprint density at radius 3 is 2.52 bits per heavy atom. The van der Waals surface area contributed by atoms with Gasteiger partial charge in [-0.1, -0.05) is 43.7 Å². The lowest BCUT2D eigenvalue weighted by atomic mass is 10.1. The van der Waals surface area contributed by atoms with Crippen molar-refractivity contribution in [3.05, 3.63) is 65.2 Å². The molecule has 0 radical (unpaired) electrons. The Morgan fingerprint density at radius 1 is 1.14 bits per heavy atom. The van der Waals surface area contributed by atoms with Gasteiger partial charge in [0.1, 0.15) is 0 Å². The van der Waals surface area contributed by atoms with Crippen LogP contribution in [0, 0.1) is 11.3 Å². The van der Waals surface area contributed by atoms with Gasteiger partial charge in [-0.05, 0) is 35.7 Å². The second-order valence-electron chi connectivity index (χ2n) is 4.94. The summed E-state index contributed by atoms with van der Waals surface area (Å²) >= 11 is 0. The summed E-state index contributed by atoms with van der Waals surface area (Å²) in [6.07, 6.45) is 2.31. The number of carbonyl (C=O) groups is 1. The van der Waals surface area contributed by atoms with E-state index in [0.29, 0.717) is 12.0 Å². The number of nitrogens with zero attached hydrogens (tertiary/aromatic N) is 1. The van der Waals surface area contributed by atoms with Crippen LogP contribution in [0.3, 0.4) is 0 Å². The normalized spacial score (nSPS) is 9.90. The second-order valence-corrected chi connectivity index (χ2v) is 4.94. The highest BCUT2D eigenvalue weighted by Crippen LogP contribution is 2.17. The van der Waals surface area contributed by atoms with Crippen molar-refractivity contribution in [2.45, 2.75) is 26.2 Å². The fourth-order valence-electron chi connectivity index (χ4n) is 2.21. The SMILES string of the molecule is CCCc1ccccc1NC(=O)Cc1ccc(C#N)cc1. The van der Waals surface area contributed by atoms with Gasteiger partial charge in [-0.25, -0.2) is 0 Å². The van der Waals surface area contributed by atoms with E-state index in [1.807, 2.05) is 36.4 Å². The monoisotopic (exact) mass is 278 g/mol. The Morgan fingerprint density at radius 2 is 1.86 bits per heavy atom. The number of hydrogen-bond donors (Lipinski definition) is 1. The van der Waals surface area contributed by atoms with Crippen molar-refractivity contribution in [1.29, 1.82) is 5.26 Å². The second kappa shape index (κ2) is 7.25. The van der Waals surface area contributed by atoms with E-state index in [-0.39, 0.29) is 5.91 Å². The van der Waals surface area contributed by atoms with Crippen LogP contribution < -0.4 is 5.32 Å². The average molecular weight is 278 g/mol. The van der Waals surface area contributed by atoms with Crippen LogP contribution in [0.4, 0.5) is 5.69 Å². The van der Waals surface area contributed by atoms with Crippen molar-refractivity contribution in [2.24, 2.45) is 0 Å². The van der Waals surface area contributed by atoms with Gasteiger partial charge < -0.3 is 5.32 Å². The summed E-state index contributed by atoms with van der Waals surface area (Å²) < 4.78 is 0. The van der Waals surface area contributed by atoms with Crippen LogP contribution in [0.2, 0.25) is 0 Å². The fraction of sp³-hybridized carbons (Fsp3) is 0.222. The molecular weight excluding hydrogens is 260 g/mol. The number of benzene rings is 2.